The van der Waals surface area contributed by atoms with Crippen molar-refractivity contribution in [2.75, 3.05) is 11.9 Å². The number of nitrogens with two attached hydrogens (primary N) is 1. The normalized spacial score (nSPS) is 23.7. The van der Waals surface area contributed by atoms with Crippen molar-refractivity contribution in [2.24, 2.45) is 15.4 Å². The van der Waals surface area contributed by atoms with E-state index < -0.39 is 22.1 Å². The second kappa shape index (κ2) is 7.05. The standard InChI is InChI=1S/C20H24FN5O3S/c1-11-5-13-7-12-3-2-4-15(12)18(16(13)6-11)24-20(27)25-30(22,28)17-8-23-26-9-14(21)10-29-19(17)26/h7-8,11,14H,2-6,9-10H2,1H3,(H3,22,24,25,27,28)/t11-,14+,30+/m1/s1. The smallest absolute Gasteiger partial charge is 0.354 e. The molecule has 2 heterocycles. The molecule has 30 heavy (non-hydrogen) atoms. The third-order valence-corrected chi connectivity index (χ3v) is 7.37. The maximum atomic E-state index is 13.5. The minimum atomic E-state index is -3.60. The van der Waals surface area contributed by atoms with Gasteiger partial charge < -0.3 is 10.1 Å². The number of fused-ring (bicyclic) bond motifs is 3. The molecule has 0 spiro atoms. The number of aromatic nitrogens is 2. The second-order valence-corrected chi connectivity index (χ2v) is 10.1. The SMILES string of the molecule is C[C@@H]1Cc2cc3c(c(NC(=O)N=[S@](N)(=O)c4cnn5c4OC[C@@H](F)C5)c2C1)CCC3. The summed E-state index contributed by atoms with van der Waals surface area (Å²) in [6, 6.07) is 1.51. The summed E-state index contributed by atoms with van der Waals surface area (Å²) in [7, 11) is -3.60. The lowest BCUT2D eigenvalue weighted by atomic mass is 9.99. The number of amides is 2. The predicted octanol–water partition coefficient (Wildman–Crippen LogP) is 2.77. The first kappa shape index (κ1) is 19.5. The lowest BCUT2D eigenvalue weighted by molar-refractivity contribution is 0.122. The molecule has 3 atom stereocenters. The molecule has 0 bridgehead atoms. The van der Waals surface area contributed by atoms with Gasteiger partial charge in [-0.25, -0.2) is 23.2 Å². The van der Waals surface area contributed by atoms with Crippen LogP contribution in [0.3, 0.4) is 0 Å². The minimum Gasteiger partial charge on any atom is -0.474 e. The van der Waals surface area contributed by atoms with Gasteiger partial charge in [0, 0.05) is 5.69 Å². The number of aryl methyl sites for hydroxylation is 1. The second-order valence-electron chi connectivity index (χ2n) is 8.39. The van der Waals surface area contributed by atoms with E-state index in [1.807, 2.05) is 0 Å². The number of halogens is 1. The van der Waals surface area contributed by atoms with Crippen LogP contribution in [0.5, 0.6) is 5.88 Å². The average molecular weight is 434 g/mol. The van der Waals surface area contributed by atoms with Gasteiger partial charge >= 0.3 is 6.03 Å². The molecule has 2 amide bonds. The molecule has 0 fully saturated rings. The number of hydrogen-bond donors (Lipinski definition) is 2. The fourth-order valence-corrected chi connectivity index (χ4v) is 5.76. The van der Waals surface area contributed by atoms with Crippen LogP contribution in [0.2, 0.25) is 0 Å². The van der Waals surface area contributed by atoms with E-state index in [1.165, 1.54) is 22.0 Å². The molecular weight excluding hydrogens is 409 g/mol. The minimum absolute atomic E-state index is 0.00157. The number of rotatable bonds is 2. The highest BCUT2D eigenvalue weighted by molar-refractivity contribution is 7.91. The van der Waals surface area contributed by atoms with Gasteiger partial charge in [0.25, 0.3) is 0 Å². The predicted molar refractivity (Wildman–Crippen MR) is 110 cm³/mol. The van der Waals surface area contributed by atoms with E-state index in [4.69, 9.17) is 9.88 Å². The van der Waals surface area contributed by atoms with Crippen LogP contribution >= 0.6 is 0 Å². The molecule has 2 aliphatic carbocycles. The Bertz CT molecular complexity index is 1170. The van der Waals surface area contributed by atoms with Crippen molar-refractivity contribution < 1.29 is 18.1 Å². The molecule has 2 aromatic rings. The number of hydrogen-bond acceptors (Lipinski definition) is 4. The van der Waals surface area contributed by atoms with Gasteiger partial charge in [0.05, 0.1) is 12.7 Å². The summed E-state index contributed by atoms with van der Waals surface area (Å²) in [6.45, 7) is 2.00. The van der Waals surface area contributed by atoms with Gasteiger partial charge in [-0.1, -0.05) is 13.0 Å². The van der Waals surface area contributed by atoms with E-state index in [9.17, 15) is 13.4 Å². The highest BCUT2D eigenvalue weighted by Crippen LogP contribution is 2.40. The number of nitrogens with one attached hydrogen (secondary N) is 1. The molecule has 5 rings (SSSR count). The van der Waals surface area contributed by atoms with Gasteiger partial charge in [-0.05, 0) is 60.3 Å². The van der Waals surface area contributed by atoms with Crippen molar-refractivity contribution in [3.05, 3.63) is 34.5 Å². The van der Waals surface area contributed by atoms with Crippen LogP contribution in [0, 0.1) is 5.92 Å². The third-order valence-electron chi connectivity index (χ3n) is 6.02. The molecule has 160 valence electrons. The Hall–Kier alpha value is -2.46. The molecule has 1 aromatic heterocycles. The van der Waals surface area contributed by atoms with Crippen LogP contribution in [0.4, 0.5) is 14.9 Å². The maximum absolute atomic E-state index is 13.5. The Labute approximate surface area is 174 Å². The fraction of sp³-hybridized carbons (Fsp3) is 0.500. The number of urea groups is 1. The van der Waals surface area contributed by atoms with Crippen molar-refractivity contribution in [2.45, 2.75) is 56.6 Å². The zero-order valence-corrected chi connectivity index (χ0v) is 17.5. The molecule has 3 aliphatic rings. The fourth-order valence-electron chi connectivity index (χ4n) is 4.76. The summed E-state index contributed by atoms with van der Waals surface area (Å²) in [4.78, 5) is 12.8. The van der Waals surface area contributed by atoms with Gasteiger partial charge in [-0.2, -0.15) is 5.10 Å². The van der Waals surface area contributed by atoms with Crippen molar-refractivity contribution in [1.29, 1.82) is 0 Å². The molecular formula is C20H24FN5O3S. The lowest BCUT2D eigenvalue weighted by Gasteiger charge is -2.19. The van der Waals surface area contributed by atoms with Crippen molar-refractivity contribution in [3.63, 3.8) is 0 Å². The quantitative estimate of drug-likeness (QED) is 0.758. The van der Waals surface area contributed by atoms with Crippen LogP contribution < -0.4 is 15.2 Å². The van der Waals surface area contributed by atoms with E-state index in [-0.39, 0.29) is 23.9 Å². The van der Waals surface area contributed by atoms with Crippen LogP contribution in [-0.4, -0.2) is 32.8 Å². The Morgan fingerprint density at radius 1 is 1.37 bits per heavy atom. The van der Waals surface area contributed by atoms with E-state index >= 15 is 0 Å². The number of benzene rings is 1. The van der Waals surface area contributed by atoms with E-state index in [0.29, 0.717) is 5.92 Å². The van der Waals surface area contributed by atoms with Crippen LogP contribution in [-0.2, 0) is 42.1 Å². The summed E-state index contributed by atoms with van der Waals surface area (Å²) in [5.74, 6) is 0.618. The monoisotopic (exact) mass is 433 g/mol. The third kappa shape index (κ3) is 3.27. The van der Waals surface area contributed by atoms with E-state index in [0.717, 1.165) is 48.9 Å². The molecule has 0 unspecified atom stereocenters. The Balaban J connectivity index is 1.47. The molecule has 1 aliphatic heterocycles. The van der Waals surface area contributed by atoms with Crippen LogP contribution in [0.15, 0.2) is 21.5 Å². The number of alkyl halides is 1. The van der Waals surface area contributed by atoms with E-state index in [1.54, 1.807) is 0 Å². The Kier molecular flexibility index (Phi) is 4.59. The zero-order chi connectivity index (χ0) is 21.0. The van der Waals surface area contributed by atoms with Crippen molar-refractivity contribution in [3.8, 4) is 5.88 Å². The van der Waals surface area contributed by atoms with E-state index in [2.05, 4.69) is 27.8 Å². The molecule has 10 heteroatoms. The summed E-state index contributed by atoms with van der Waals surface area (Å²) in [6.07, 6.45) is 4.86. The maximum Gasteiger partial charge on any atom is 0.354 e. The van der Waals surface area contributed by atoms with Gasteiger partial charge in [0.15, 0.2) is 16.1 Å². The average Bonchev–Trinajstić information content (AvgIpc) is 3.37. The number of carbonyl (C=O) groups is 1. The van der Waals surface area contributed by atoms with Gasteiger partial charge in [0.2, 0.25) is 5.88 Å². The summed E-state index contributed by atoms with van der Waals surface area (Å²) in [5, 5.41) is 12.8. The molecule has 0 saturated carbocycles. The first-order valence-electron chi connectivity index (χ1n) is 10.2. The number of nitrogens with zero attached hydrogens (tertiary/aromatic N) is 3. The first-order chi connectivity index (χ1) is 14.3. The largest absolute Gasteiger partial charge is 0.474 e. The van der Waals surface area contributed by atoms with Crippen molar-refractivity contribution in [1.82, 2.24) is 9.78 Å². The first-order valence-corrected chi connectivity index (χ1v) is 11.7. The highest BCUT2D eigenvalue weighted by atomic mass is 32.2. The zero-order valence-electron chi connectivity index (χ0n) is 16.7. The van der Waals surface area contributed by atoms with Crippen molar-refractivity contribution >= 4 is 21.6 Å². The molecule has 0 radical (unpaired) electrons. The highest BCUT2D eigenvalue weighted by Gasteiger charge is 2.30. The Morgan fingerprint density at radius 2 is 2.20 bits per heavy atom. The number of carbonyl (C=O) groups excluding carboxylic acids is 1. The molecule has 0 saturated heterocycles. The Morgan fingerprint density at radius 3 is 3.03 bits per heavy atom. The number of anilines is 1. The molecule has 3 N–H and O–H groups in total. The topological polar surface area (TPSA) is 112 Å². The van der Waals surface area contributed by atoms with Gasteiger partial charge in [-0.3, -0.25) is 0 Å². The van der Waals surface area contributed by atoms with Crippen LogP contribution in [0.25, 0.3) is 0 Å². The lowest BCUT2D eigenvalue weighted by Crippen LogP contribution is -2.28. The summed E-state index contributed by atoms with van der Waals surface area (Å²) >= 11 is 0. The van der Waals surface area contributed by atoms with Gasteiger partial charge in [-0.15, -0.1) is 4.36 Å². The summed E-state index contributed by atoms with van der Waals surface area (Å²) in [5.41, 5.74) is 5.64. The molecule has 1 aromatic carbocycles. The number of ether oxygens (including phenoxy) is 1. The van der Waals surface area contributed by atoms with Gasteiger partial charge in [0.1, 0.15) is 11.5 Å². The summed E-state index contributed by atoms with van der Waals surface area (Å²) < 4.78 is 36.9. The molecule has 8 nitrogen and oxygen atoms in total. The van der Waals surface area contributed by atoms with Crippen LogP contribution in [0.1, 0.15) is 35.6 Å².